The molecule has 1 amide bonds. The lowest BCUT2D eigenvalue weighted by atomic mass is 10.1. The molecule has 1 fully saturated rings. The molecule has 1 aliphatic heterocycles. The van der Waals surface area contributed by atoms with E-state index in [-0.39, 0.29) is 5.91 Å². The summed E-state index contributed by atoms with van der Waals surface area (Å²) in [5, 5.41) is 0. The van der Waals surface area contributed by atoms with Gasteiger partial charge in [0.1, 0.15) is 0 Å². The van der Waals surface area contributed by atoms with Crippen molar-refractivity contribution in [3.05, 3.63) is 71.3 Å². The molecule has 5 heteroatoms. The van der Waals surface area contributed by atoms with Crippen LogP contribution in [0, 0.1) is 6.92 Å². The van der Waals surface area contributed by atoms with Crippen molar-refractivity contribution in [2.45, 2.75) is 13.0 Å². The Balaban J connectivity index is 1.85. The summed E-state index contributed by atoms with van der Waals surface area (Å²) < 4.78 is 10.9. The van der Waals surface area contributed by atoms with E-state index in [1.54, 1.807) is 29.2 Å². The predicted molar refractivity (Wildman–Crippen MR) is 93.2 cm³/mol. The van der Waals surface area contributed by atoms with Crippen LogP contribution < -0.4 is 0 Å². The fourth-order valence-corrected chi connectivity index (χ4v) is 2.81. The minimum absolute atomic E-state index is 0.212. The molecule has 0 unspecified atom stereocenters. The first-order valence-corrected chi connectivity index (χ1v) is 8.35. The minimum Gasteiger partial charge on any atom is -0.444 e. The van der Waals surface area contributed by atoms with Crippen molar-refractivity contribution in [3.8, 4) is 0 Å². The highest BCUT2D eigenvalue weighted by molar-refractivity contribution is 5.93. The lowest BCUT2D eigenvalue weighted by molar-refractivity contribution is -0.145. The summed E-state index contributed by atoms with van der Waals surface area (Å²) in [6.07, 6.45) is -0.952. The predicted octanol–water partition coefficient (Wildman–Crippen LogP) is 2.75. The fraction of sp³-hybridized carbons (Fsp3) is 0.300. The topological polar surface area (TPSA) is 55.8 Å². The van der Waals surface area contributed by atoms with Gasteiger partial charge < -0.3 is 14.4 Å². The number of amides is 1. The van der Waals surface area contributed by atoms with Gasteiger partial charge in [0, 0.05) is 18.7 Å². The maximum absolute atomic E-state index is 12.9. The van der Waals surface area contributed by atoms with Gasteiger partial charge in [-0.05, 0) is 18.6 Å². The molecule has 1 atom stereocenters. The van der Waals surface area contributed by atoms with Crippen molar-refractivity contribution < 1.29 is 19.1 Å². The zero-order chi connectivity index (χ0) is 17.6. The maximum atomic E-state index is 12.9. The molecule has 1 heterocycles. The third kappa shape index (κ3) is 4.06. The summed E-state index contributed by atoms with van der Waals surface area (Å²) in [6.45, 7) is 3.85. The van der Waals surface area contributed by atoms with E-state index in [9.17, 15) is 9.59 Å². The molecular formula is C20H21NO4. The van der Waals surface area contributed by atoms with Gasteiger partial charge in [-0.1, -0.05) is 48.5 Å². The van der Waals surface area contributed by atoms with E-state index in [0.717, 1.165) is 5.56 Å². The van der Waals surface area contributed by atoms with Gasteiger partial charge in [0.2, 0.25) is 6.10 Å². The van der Waals surface area contributed by atoms with Crippen molar-refractivity contribution in [2.75, 3.05) is 26.3 Å². The Labute approximate surface area is 147 Å². The summed E-state index contributed by atoms with van der Waals surface area (Å²) in [5.74, 6) is -0.704. The quantitative estimate of drug-likeness (QED) is 0.804. The molecule has 0 aliphatic carbocycles. The molecule has 0 aromatic heterocycles. The van der Waals surface area contributed by atoms with E-state index in [1.165, 1.54) is 0 Å². The van der Waals surface area contributed by atoms with Gasteiger partial charge in [-0.3, -0.25) is 4.79 Å². The summed E-state index contributed by atoms with van der Waals surface area (Å²) in [6, 6.07) is 16.3. The average molecular weight is 339 g/mol. The van der Waals surface area contributed by atoms with Crippen LogP contribution in [0.4, 0.5) is 0 Å². The Morgan fingerprint density at radius 2 is 1.64 bits per heavy atom. The molecule has 1 aliphatic rings. The van der Waals surface area contributed by atoms with Gasteiger partial charge in [-0.2, -0.15) is 0 Å². The molecule has 3 rings (SSSR count). The standard InChI is InChI=1S/C20H21NO4/c1-15-7-5-6-10-17(15)20(23)25-18(16-8-3-2-4-9-16)19(22)21-11-13-24-14-12-21/h2-10,18H,11-14H2,1H3/t18-/m0/s1. The molecule has 0 spiro atoms. The molecule has 0 bridgehead atoms. The van der Waals surface area contributed by atoms with Crippen LogP contribution >= 0.6 is 0 Å². The Morgan fingerprint density at radius 1 is 1.00 bits per heavy atom. The number of ether oxygens (including phenoxy) is 2. The van der Waals surface area contributed by atoms with Crippen molar-refractivity contribution in [3.63, 3.8) is 0 Å². The number of morpholine rings is 1. The largest absolute Gasteiger partial charge is 0.444 e. The van der Waals surface area contributed by atoms with Crippen LogP contribution in [0.3, 0.4) is 0 Å². The lowest BCUT2D eigenvalue weighted by Gasteiger charge is -2.30. The number of rotatable bonds is 4. The smallest absolute Gasteiger partial charge is 0.339 e. The van der Waals surface area contributed by atoms with E-state index in [2.05, 4.69) is 0 Å². The second kappa shape index (κ2) is 7.94. The SMILES string of the molecule is Cc1ccccc1C(=O)O[C@H](C(=O)N1CCOCC1)c1ccccc1. The summed E-state index contributed by atoms with van der Waals surface area (Å²) in [5.41, 5.74) is 1.96. The highest BCUT2D eigenvalue weighted by Crippen LogP contribution is 2.23. The minimum atomic E-state index is -0.952. The number of esters is 1. The third-order valence-electron chi connectivity index (χ3n) is 4.24. The molecule has 0 radical (unpaired) electrons. The van der Waals surface area contributed by atoms with Crippen LogP contribution in [0.1, 0.15) is 27.6 Å². The number of aryl methyl sites for hydroxylation is 1. The number of benzene rings is 2. The first-order valence-electron chi connectivity index (χ1n) is 8.35. The van der Waals surface area contributed by atoms with Crippen molar-refractivity contribution in [2.24, 2.45) is 0 Å². The van der Waals surface area contributed by atoms with Crippen LogP contribution in [-0.2, 0) is 14.3 Å². The normalized spacial score (nSPS) is 15.5. The number of nitrogens with zero attached hydrogens (tertiary/aromatic N) is 1. The molecule has 0 saturated carbocycles. The highest BCUT2D eigenvalue weighted by atomic mass is 16.5. The molecule has 2 aromatic rings. The van der Waals surface area contributed by atoms with Crippen LogP contribution in [0.2, 0.25) is 0 Å². The van der Waals surface area contributed by atoms with Crippen molar-refractivity contribution >= 4 is 11.9 Å². The zero-order valence-corrected chi connectivity index (χ0v) is 14.2. The third-order valence-corrected chi connectivity index (χ3v) is 4.24. The lowest BCUT2D eigenvalue weighted by Crippen LogP contribution is -2.44. The van der Waals surface area contributed by atoms with Gasteiger partial charge in [0.15, 0.2) is 0 Å². The summed E-state index contributed by atoms with van der Waals surface area (Å²) in [4.78, 5) is 27.2. The molecule has 5 nitrogen and oxygen atoms in total. The number of hydrogen-bond acceptors (Lipinski definition) is 4. The van der Waals surface area contributed by atoms with Crippen LogP contribution in [0.15, 0.2) is 54.6 Å². The second-order valence-corrected chi connectivity index (χ2v) is 5.95. The highest BCUT2D eigenvalue weighted by Gasteiger charge is 2.31. The van der Waals surface area contributed by atoms with Crippen LogP contribution in [0.25, 0.3) is 0 Å². The molecule has 25 heavy (non-hydrogen) atoms. The Hall–Kier alpha value is -2.66. The van der Waals surface area contributed by atoms with Gasteiger partial charge in [0.05, 0.1) is 18.8 Å². The maximum Gasteiger partial charge on any atom is 0.339 e. The summed E-state index contributed by atoms with van der Waals surface area (Å²) in [7, 11) is 0. The van der Waals surface area contributed by atoms with E-state index in [0.29, 0.717) is 37.4 Å². The Kier molecular flexibility index (Phi) is 5.46. The average Bonchev–Trinajstić information content (AvgIpc) is 2.67. The van der Waals surface area contributed by atoms with Crippen molar-refractivity contribution in [1.29, 1.82) is 0 Å². The van der Waals surface area contributed by atoms with E-state index in [1.807, 2.05) is 37.3 Å². The molecule has 2 aromatic carbocycles. The molecule has 1 saturated heterocycles. The number of carbonyl (C=O) groups excluding carboxylic acids is 2. The van der Waals surface area contributed by atoms with E-state index < -0.39 is 12.1 Å². The number of hydrogen-bond donors (Lipinski definition) is 0. The first-order chi connectivity index (χ1) is 12.2. The van der Waals surface area contributed by atoms with Gasteiger partial charge in [-0.15, -0.1) is 0 Å². The van der Waals surface area contributed by atoms with Crippen molar-refractivity contribution in [1.82, 2.24) is 4.90 Å². The Bertz CT molecular complexity index is 738. The fourth-order valence-electron chi connectivity index (χ4n) is 2.81. The van der Waals surface area contributed by atoms with Crippen LogP contribution in [-0.4, -0.2) is 43.1 Å². The number of carbonyl (C=O) groups is 2. The Morgan fingerprint density at radius 3 is 2.32 bits per heavy atom. The first kappa shape index (κ1) is 17.2. The molecule has 130 valence electrons. The zero-order valence-electron chi connectivity index (χ0n) is 14.2. The molecular weight excluding hydrogens is 318 g/mol. The van der Waals surface area contributed by atoms with Crippen LogP contribution in [0.5, 0.6) is 0 Å². The van der Waals surface area contributed by atoms with Gasteiger partial charge in [-0.25, -0.2) is 4.79 Å². The molecule has 0 N–H and O–H groups in total. The summed E-state index contributed by atoms with van der Waals surface area (Å²) >= 11 is 0. The van der Waals surface area contributed by atoms with E-state index in [4.69, 9.17) is 9.47 Å². The monoisotopic (exact) mass is 339 g/mol. The van der Waals surface area contributed by atoms with Gasteiger partial charge in [0.25, 0.3) is 5.91 Å². The van der Waals surface area contributed by atoms with E-state index >= 15 is 0 Å². The second-order valence-electron chi connectivity index (χ2n) is 5.95. The van der Waals surface area contributed by atoms with Gasteiger partial charge >= 0.3 is 5.97 Å².